The van der Waals surface area contributed by atoms with Gasteiger partial charge < -0.3 is 10.0 Å². The average molecular weight is 380 g/mol. The highest BCUT2D eigenvalue weighted by molar-refractivity contribution is 9.10. The van der Waals surface area contributed by atoms with E-state index in [9.17, 15) is 14.7 Å². The van der Waals surface area contributed by atoms with Crippen molar-refractivity contribution in [3.8, 4) is 0 Å². The van der Waals surface area contributed by atoms with E-state index in [1.807, 2.05) is 24.3 Å². The van der Waals surface area contributed by atoms with Crippen molar-refractivity contribution in [3.05, 3.63) is 45.6 Å². The largest absolute Gasteiger partial charge is 0.503 e. The number of ketones is 1. The lowest BCUT2D eigenvalue weighted by molar-refractivity contribution is -0.129. The lowest BCUT2D eigenvalue weighted by atomic mass is 9.96. The number of rotatable bonds is 7. The van der Waals surface area contributed by atoms with Gasteiger partial charge in [0.05, 0.1) is 11.6 Å². The first-order chi connectivity index (χ1) is 11.0. The fourth-order valence-electron chi connectivity index (χ4n) is 2.94. The number of carbonyl (C=O) groups is 2. The summed E-state index contributed by atoms with van der Waals surface area (Å²) in [5, 5.41) is 10.1. The molecule has 0 aliphatic carbocycles. The Morgan fingerprint density at radius 3 is 2.43 bits per heavy atom. The molecule has 1 heterocycles. The second kappa shape index (κ2) is 7.77. The fraction of sp³-hybridized carbons (Fsp3) is 0.444. The van der Waals surface area contributed by atoms with Crippen LogP contribution in [-0.4, -0.2) is 28.2 Å². The predicted octanol–water partition coefficient (Wildman–Crippen LogP) is 4.31. The Balaban J connectivity index is 2.31. The van der Waals surface area contributed by atoms with Crippen LogP contribution in [0, 0.1) is 0 Å². The van der Waals surface area contributed by atoms with E-state index in [0.717, 1.165) is 35.7 Å². The van der Waals surface area contributed by atoms with Crippen molar-refractivity contribution in [1.29, 1.82) is 0 Å². The molecule has 1 aliphatic rings. The molecule has 23 heavy (non-hydrogen) atoms. The second-order valence-corrected chi connectivity index (χ2v) is 6.75. The van der Waals surface area contributed by atoms with Gasteiger partial charge in [0.2, 0.25) is 0 Å². The number of nitrogens with zero attached hydrogens (tertiary/aromatic N) is 1. The number of amides is 1. The van der Waals surface area contributed by atoms with Gasteiger partial charge in [0, 0.05) is 11.0 Å². The molecule has 1 atom stereocenters. The van der Waals surface area contributed by atoms with Crippen LogP contribution in [0.25, 0.3) is 0 Å². The molecular weight excluding hydrogens is 358 g/mol. The van der Waals surface area contributed by atoms with Gasteiger partial charge in [-0.15, -0.1) is 0 Å². The summed E-state index contributed by atoms with van der Waals surface area (Å²) in [6.45, 7) is 4.07. The van der Waals surface area contributed by atoms with Crippen LogP contribution in [0.15, 0.2) is 40.1 Å². The Kier molecular flexibility index (Phi) is 5.99. The van der Waals surface area contributed by atoms with E-state index >= 15 is 0 Å². The standard InChI is InChI=1S/C18H22BrNO3/c1-3-4-5-6-11-20-16(13-7-9-14(19)10-8-13)15(12(2)21)17(22)18(20)23/h7-10,16,22H,3-6,11H2,1-2H3. The summed E-state index contributed by atoms with van der Waals surface area (Å²) >= 11 is 3.39. The summed E-state index contributed by atoms with van der Waals surface area (Å²) in [5.74, 6) is -1.11. The summed E-state index contributed by atoms with van der Waals surface area (Å²) in [4.78, 5) is 26.0. The molecule has 1 aromatic rings. The van der Waals surface area contributed by atoms with Gasteiger partial charge >= 0.3 is 0 Å². The number of halogens is 1. The van der Waals surface area contributed by atoms with Gasteiger partial charge in [0.25, 0.3) is 5.91 Å². The van der Waals surface area contributed by atoms with Crippen molar-refractivity contribution in [2.24, 2.45) is 0 Å². The molecule has 1 amide bonds. The molecule has 5 heteroatoms. The van der Waals surface area contributed by atoms with Gasteiger partial charge in [-0.3, -0.25) is 9.59 Å². The molecule has 0 saturated carbocycles. The van der Waals surface area contributed by atoms with Crippen LogP contribution in [0.5, 0.6) is 0 Å². The normalized spacial score (nSPS) is 18.0. The number of benzene rings is 1. The lowest BCUT2D eigenvalue weighted by Gasteiger charge is -2.26. The maximum atomic E-state index is 12.4. The van der Waals surface area contributed by atoms with Crippen LogP contribution in [0.1, 0.15) is 51.1 Å². The summed E-state index contributed by atoms with van der Waals surface area (Å²) in [7, 11) is 0. The summed E-state index contributed by atoms with van der Waals surface area (Å²) in [6, 6.07) is 7.02. The Morgan fingerprint density at radius 2 is 1.87 bits per heavy atom. The van der Waals surface area contributed by atoms with Crippen molar-refractivity contribution in [2.45, 2.75) is 45.6 Å². The Bertz CT molecular complexity index is 622. The second-order valence-electron chi connectivity index (χ2n) is 5.83. The molecule has 1 aliphatic heterocycles. The third kappa shape index (κ3) is 3.83. The molecule has 124 valence electrons. The molecule has 0 bridgehead atoms. The number of unbranched alkanes of at least 4 members (excludes halogenated alkanes) is 3. The summed E-state index contributed by atoms with van der Waals surface area (Å²) in [6.07, 6.45) is 4.13. The van der Waals surface area contributed by atoms with Gasteiger partial charge in [-0.25, -0.2) is 0 Å². The highest BCUT2D eigenvalue weighted by atomic mass is 79.9. The molecule has 2 rings (SSSR count). The maximum absolute atomic E-state index is 12.4. The quantitative estimate of drug-likeness (QED) is 0.717. The minimum absolute atomic E-state index is 0.202. The average Bonchev–Trinajstić information content (AvgIpc) is 2.77. The first kappa shape index (κ1) is 17.7. The Labute approximate surface area is 145 Å². The van der Waals surface area contributed by atoms with Gasteiger partial charge in [0.1, 0.15) is 0 Å². The molecular formula is C18H22BrNO3. The lowest BCUT2D eigenvalue weighted by Crippen LogP contribution is -2.32. The SMILES string of the molecule is CCCCCCN1C(=O)C(O)=C(C(C)=O)C1c1ccc(Br)cc1. The molecule has 0 aromatic heterocycles. The number of hydrogen-bond acceptors (Lipinski definition) is 3. The Morgan fingerprint density at radius 1 is 1.22 bits per heavy atom. The van der Waals surface area contributed by atoms with E-state index in [1.54, 1.807) is 4.90 Å². The number of carbonyl (C=O) groups excluding carboxylic acids is 2. The van der Waals surface area contributed by atoms with Gasteiger partial charge in [-0.1, -0.05) is 54.2 Å². The topological polar surface area (TPSA) is 57.6 Å². The first-order valence-electron chi connectivity index (χ1n) is 7.97. The number of Topliss-reactive ketones (excluding diaryl/α,β-unsaturated/α-hetero) is 1. The van der Waals surface area contributed by atoms with Gasteiger partial charge in [0.15, 0.2) is 11.5 Å². The van der Waals surface area contributed by atoms with Gasteiger partial charge in [-0.05, 0) is 31.0 Å². The highest BCUT2D eigenvalue weighted by Gasteiger charge is 2.41. The molecule has 0 saturated heterocycles. The van der Waals surface area contributed by atoms with Crippen LogP contribution in [-0.2, 0) is 9.59 Å². The van der Waals surface area contributed by atoms with Crippen LogP contribution in [0.3, 0.4) is 0 Å². The van der Waals surface area contributed by atoms with E-state index in [4.69, 9.17) is 0 Å². The zero-order valence-corrected chi connectivity index (χ0v) is 15.1. The van der Waals surface area contributed by atoms with Crippen molar-refractivity contribution in [1.82, 2.24) is 4.90 Å². The minimum Gasteiger partial charge on any atom is -0.503 e. The van der Waals surface area contributed by atoms with Crippen molar-refractivity contribution in [2.75, 3.05) is 6.54 Å². The number of aliphatic hydroxyl groups excluding tert-OH is 1. The zero-order chi connectivity index (χ0) is 17.0. The summed E-state index contributed by atoms with van der Waals surface area (Å²) < 4.78 is 0.928. The minimum atomic E-state index is -0.491. The van der Waals surface area contributed by atoms with E-state index in [-0.39, 0.29) is 11.4 Å². The van der Waals surface area contributed by atoms with E-state index in [1.165, 1.54) is 6.92 Å². The number of hydrogen-bond donors (Lipinski definition) is 1. The monoisotopic (exact) mass is 379 g/mol. The van der Waals surface area contributed by atoms with Crippen LogP contribution >= 0.6 is 15.9 Å². The van der Waals surface area contributed by atoms with Crippen molar-refractivity contribution < 1.29 is 14.7 Å². The maximum Gasteiger partial charge on any atom is 0.290 e. The molecule has 0 fully saturated rings. The molecule has 1 N–H and O–H groups in total. The van der Waals surface area contributed by atoms with Crippen molar-refractivity contribution in [3.63, 3.8) is 0 Å². The molecule has 1 aromatic carbocycles. The van der Waals surface area contributed by atoms with E-state index < -0.39 is 17.7 Å². The molecule has 4 nitrogen and oxygen atoms in total. The highest BCUT2D eigenvalue weighted by Crippen LogP contribution is 2.38. The van der Waals surface area contributed by atoms with E-state index in [2.05, 4.69) is 22.9 Å². The molecule has 0 radical (unpaired) electrons. The first-order valence-corrected chi connectivity index (χ1v) is 8.77. The fourth-order valence-corrected chi connectivity index (χ4v) is 3.21. The van der Waals surface area contributed by atoms with Crippen LogP contribution in [0.4, 0.5) is 0 Å². The smallest absolute Gasteiger partial charge is 0.290 e. The third-order valence-electron chi connectivity index (χ3n) is 4.12. The molecule has 0 spiro atoms. The van der Waals surface area contributed by atoms with Gasteiger partial charge in [-0.2, -0.15) is 0 Å². The molecule has 1 unspecified atom stereocenters. The van der Waals surface area contributed by atoms with Crippen LogP contribution in [0.2, 0.25) is 0 Å². The summed E-state index contributed by atoms with van der Waals surface area (Å²) in [5.41, 5.74) is 1.04. The zero-order valence-electron chi connectivity index (χ0n) is 13.5. The van der Waals surface area contributed by atoms with Crippen molar-refractivity contribution >= 4 is 27.6 Å². The predicted molar refractivity (Wildman–Crippen MR) is 93.1 cm³/mol. The van der Waals surface area contributed by atoms with Crippen LogP contribution < -0.4 is 0 Å². The Hall–Kier alpha value is -1.62. The van der Waals surface area contributed by atoms with E-state index in [0.29, 0.717) is 6.54 Å². The number of aliphatic hydroxyl groups is 1. The third-order valence-corrected chi connectivity index (χ3v) is 4.65.